The summed E-state index contributed by atoms with van der Waals surface area (Å²) in [5.41, 5.74) is 0.675. The van der Waals surface area contributed by atoms with Crippen LogP contribution in [0, 0.1) is 5.82 Å². The first-order valence-corrected chi connectivity index (χ1v) is 3.91. The number of rotatable bonds is 1. The molecule has 0 aromatic carbocycles. The molecule has 0 unspecified atom stereocenters. The molecule has 0 aliphatic heterocycles. The predicted molar refractivity (Wildman–Crippen MR) is 43.6 cm³/mol. The Labute approximate surface area is 74.2 Å². The molecule has 1 aromatic heterocycles. The number of aromatic nitrogens is 1. The Kier molecular flexibility index (Phi) is 2.68. The highest BCUT2D eigenvalue weighted by atomic mass is 35.5. The second-order valence-electron chi connectivity index (χ2n) is 2.06. The molecule has 0 aliphatic rings. The van der Waals surface area contributed by atoms with Gasteiger partial charge in [-0.15, -0.1) is 0 Å². The average molecular weight is 194 g/mol. The summed E-state index contributed by atoms with van der Waals surface area (Å²) in [4.78, 5) is 3.60. The van der Waals surface area contributed by atoms with E-state index < -0.39 is 5.82 Å². The van der Waals surface area contributed by atoms with E-state index in [2.05, 4.69) is 4.98 Å². The normalized spacial score (nSPS) is 10.2. The Morgan fingerprint density at radius 3 is 2.64 bits per heavy atom. The first-order chi connectivity index (χ1) is 5.15. The molecular formula is C7H6Cl2FN. The standard InChI is InChI=1S/C7H6Cl2FN/c1-2-4-3-5(10)7(9)11-6(4)8/h3H,2H2,1H3. The molecule has 60 valence electrons. The molecule has 1 nitrogen and oxygen atoms in total. The van der Waals surface area contributed by atoms with Crippen molar-refractivity contribution in [3.05, 3.63) is 27.8 Å². The smallest absolute Gasteiger partial charge is 0.166 e. The number of aryl methyl sites for hydroxylation is 1. The largest absolute Gasteiger partial charge is 0.221 e. The summed E-state index contributed by atoms with van der Waals surface area (Å²) in [6.45, 7) is 1.87. The van der Waals surface area contributed by atoms with Crippen LogP contribution < -0.4 is 0 Å². The van der Waals surface area contributed by atoms with Gasteiger partial charge in [0.25, 0.3) is 0 Å². The van der Waals surface area contributed by atoms with Gasteiger partial charge in [0.1, 0.15) is 5.15 Å². The molecule has 1 aromatic rings. The minimum absolute atomic E-state index is 0.174. The third-order valence-corrected chi connectivity index (χ3v) is 1.93. The Morgan fingerprint density at radius 1 is 1.45 bits per heavy atom. The van der Waals surface area contributed by atoms with Gasteiger partial charge in [0.15, 0.2) is 11.0 Å². The van der Waals surface area contributed by atoms with Crippen molar-refractivity contribution in [2.75, 3.05) is 0 Å². The molecule has 0 amide bonds. The number of halogens is 3. The molecule has 0 bridgehead atoms. The van der Waals surface area contributed by atoms with Crippen molar-refractivity contribution in [2.24, 2.45) is 0 Å². The number of hydrogen-bond acceptors (Lipinski definition) is 1. The van der Waals surface area contributed by atoms with Crippen molar-refractivity contribution in [1.82, 2.24) is 4.98 Å². The molecule has 0 atom stereocenters. The summed E-state index contributed by atoms with van der Waals surface area (Å²) in [5.74, 6) is -0.520. The summed E-state index contributed by atoms with van der Waals surface area (Å²) in [5, 5.41) is 0.103. The zero-order chi connectivity index (χ0) is 8.43. The highest BCUT2D eigenvalue weighted by molar-refractivity contribution is 6.32. The minimum Gasteiger partial charge on any atom is -0.221 e. The predicted octanol–water partition coefficient (Wildman–Crippen LogP) is 3.09. The monoisotopic (exact) mass is 193 g/mol. The first kappa shape index (κ1) is 8.75. The summed E-state index contributed by atoms with van der Waals surface area (Å²) in [6.07, 6.45) is 0.653. The van der Waals surface area contributed by atoms with E-state index in [0.717, 1.165) is 0 Å². The van der Waals surface area contributed by atoms with E-state index >= 15 is 0 Å². The highest BCUT2D eigenvalue weighted by Gasteiger charge is 2.06. The maximum Gasteiger partial charge on any atom is 0.166 e. The number of nitrogens with zero attached hydrogens (tertiary/aromatic N) is 1. The molecule has 0 saturated heterocycles. The molecule has 0 aliphatic carbocycles. The van der Waals surface area contributed by atoms with Crippen LogP contribution in [0.3, 0.4) is 0 Å². The lowest BCUT2D eigenvalue weighted by atomic mass is 10.2. The van der Waals surface area contributed by atoms with Crippen LogP contribution in [0.5, 0.6) is 0 Å². The van der Waals surface area contributed by atoms with Gasteiger partial charge < -0.3 is 0 Å². The summed E-state index contributed by atoms with van der Waals surface area (Å²) in [6, 6.07) is 1.30. The lowest BCUT2D eigenvalue weighted by Crippen LogP contribution is -1.90. The molecule has 0 fully saturated rings. The quantitative estimate of drug-likeness (QED) is 0.626. The Hall–Kier alpha value is -0.340. The van der Waals surface area contributed by atoms with Gasteiger partial charge >= 0.3 is 0 Å². The lowest BCUT2D eigenvalue weighted by molar-refractivity contribution is 0.619. The average Bonchev–Trinajstić information content (AvgIpc) is 1.97. The topological polar surface area (TPSA) is 12.9 Å². The van der Waals surface area contributed by atoms with Crippen LogP contribution in [0.4, 0.5) is 4.39 Å². The third-order valence-electron chi connectivity index (χ3n) is 1.34. The second kappa shape index (κ2) is 3.37. The van der Waals surface area contributed by atoms with Crippen molar-refractivity contribution in [3.8, 4) is 0 Å². The van der Waals surface area contributed by atoms with Crippen molar-refractivity contribution in [1.29, 1.82) is 0 Å². The highest BCUT2D eigenvalue weighted by Crippen LogP contribution is 2.20. The van der Waals surface area contributed by atoms with E-state index in [4.69, 9.17) is 23.2 Å². The van der Waals surface area contributed by atoms with Gasteiger partial charge in [-0.2, -0.15) is 0 Å². The van der Waals surface area contributed by atoms with Gasteiger partial charge in [0, 0.05) is 0 Å². The third kappa shape index (κ3) is 1.82. The van der Waals surface area contributed by atoms with E-state index in [9.17, 15) is 4.39 Å². The van der Waals surface area contributed by atoms with E-state index in [-0.39, 0.29) is 10.3 Å². The zero-order valence-electron chi connectivity index (χ0n) is 5.87. The zero-order valence-corrected chi connectivity index (χ0v) is 7.38. The van der Waals surface area contributed by atoms with Gasteiger partial charge in [-0.05, 0) is 18.1 Å². The summed E-state index contributed by atoms with van der Waals surface area (Å²) >= 11 is 11.0. The fourth-order valence-corrected chi connectivity index (χ4v) is 1.19. The summed E-state index contributed by atoms with van der Waals surface area (Å²) in [7, 11) is 0. The van der Waals surface area contributed by atoms with Crippen LogP contribution >= 0.6 is 23.2 Å². The maximum atomic E-state index is 12.7. The van der Waals surface area contributed by atoms with Gasteiger partial charge in [0.05, 0.1) is 0 Å². The Balaban J connectivity index is 3.21. The van der Waals surface area contributed by atoms with Gasteiger partial charge in [-0.3, -0.25) is 0 Å². The van der Waals surface area contributed by atoms with Crippen molar-refractivity contribution in [3.63, 3.8) is 0 Å². The van der Waals surface area contributed by atoms with E-state index in [0.29, 0.717) is 12.0 Å². The van der Waals surface area contributed by atoms with Crippen LogP contribution in [0.2, 0.25) is 10.3 Å². The SMILES string of the molecule is CCc1cc(F)c(Cl)nc1Cl. The van der Waals surface area contributed by atoms with E-state index in [1.54, 1.807) is 0 Å². The molecule has 11 heavy (non-hydrogen) atoms. The van der Waals surface area contributed by atoms with Gasteiger partial charge in [-0.1, -0.05) is 30.1 Å². The number of pyridine rings is 1. The molecule has 1 heterocycles. The number of hydrogen-bond donors (Lipinski definition) is 0. The van der Waals surface area contributed by atoms with Crippen LogP contribution in [0.15, 0.2) is 6.07 Å². The molecule has 4 heteroatoms. The van der Waals surface area contributed by atoms with Crippen molar-refractivity contribution >= 4 is 23.2 Å². The Morgan fingerprint density at radius 2 is 2.09 bits per heavy atom. The second-order valence-corrected chi connectivity index (χ2v) is 2.78. The van der Waals surface area contributed by atoms with Crippen LogP contribution in [0.25, 0.3) is 0 Å². The summed E-state index contributed by atoms with van der Waals surface area (Å²) < 4.78 is 12.7. The molecule has 0 spiro atoms. The van der Waals surface area contributed by atoms with Crippen molar-refractivity contribution in [2.45, 2.75) is 13.3 Å². The molecule has 0 saturated carbocycles. The van der Waals surface area contributed by atoms with Crippen LogP contribution in [0.1, 0.15) is 12.5 Å². The first-order valence-electron chi connectivity index (χ1n) is 3.15. The Bertz CT molecular complexity index is 275. The van der Waals surface area contributed by atoms with Crippen LogP contribution in [-0.2, 0) is 6.42 Å². The molecular weight excluding hydrogens is 188 g/mol. The van der Waals surface area contributed by atoms with E-state index in [1.165, 1.54) is 6.07 Å². The molecule has 0 N–H and O–H groups in total. The van der Waals surface area contributed by atoms with Crippen LogP contribution in [-0.4, -0.2) is 4.98 Å². The minimum atomic E-state index is -0.520. The van der Waals surface area contributed by atoms with E-state index in [1.807, 2.05) is 6.92 Å². The maximum absolute atomic E-state index is 12.7. The molecule has 1 rings (SSSR count). The van der Waals surface area contributed by atoms with Gasteiger partial charge in [0.2, 0.25) is 0 Å². The molecule has 0 radical (unpaired) electrons. The fourth-order valence-electron chi connectivity index (χ4n) is 0.731. The van der Waals surface area contributed by atoms with Crippen molar-refractivity contribution < 1.29 is 4.39 Å². The van der Waals surface area contributed by atoms with Gasteiger partial charge in [-0.25, -0.2) is 9.37 Å². The fraction of sp³-hybridized carbons (Fsp3) is 0.286. The lowest BCUT2D eigenvalue weighted by Gasteiger charge is -2.00.